The first-order valence-electron chi connectivity index (χ1n) is 4.19. The number of urea groups is 1. The van der Waals surface area contributed by atoms with Crippen LogP contribution in [0, 0.1) is 0 Å². The van der Waals surface area contributed by atoms with Gasteiger partial charge >= 0.3 is 6.03 Å². The Morgan fingerprint density at radius 1 is 1.33 bits per heavy atom. The summed E-state index contributed by atoms with van der Waals surface area (Å²) in [6.45, 7) is 2.04. The Bertz CT molecular complexity index is 342. The lowest BCUT2D eigenvalue weighted by Gasteiger charge is -2.20. The van der Waals surface area contributed by atoms with E-state index in [9.17, 15) is 4.79 Å². The average molecular weight is 238 g/mol. The molecule has 1 aliphatic rings. The number of rotatable bonds is 0. The maximum Gasteiger partial charge on any atom is 0.515 e. The first-order valence-corrected chi connectivity index (χ1v) is 5.53. The smallest absolute Gasteiger partial charge is 0.515 e. The Labute approximate surface area is 88.6 Å². The number of carbonyl (C=O) groups excluding carboxylic acids is 1. The Morgan fingerprint density at radius 3 is 2.07 bits per heavy atom. The highest BCUT2D eigenvalue weighted by atomic mass is 32.3. The summed E-state index contributed by atoms with van der Waals surface area (Å²) in [4.78, 5) is 13.0. The van der Waals surface area contributed by atoms with E-state index in [-0.39, 0.29) is 6.03 Å². The van der Waals surface area contributed by atoms with Crippen molar-refractivity contribution < 1.29 is 32.1 Å². The lowest BCUT2D eigenvalue weighted by molar-refractivity contribution is -0.923. The van der Waals surface area contributed by atoms with Gasteiger partial charge in [-0.05, 0) is 6.92 Å². The number of hydrogen-bond acceptors (Lipinski definition) is 5. The van der Waals surface area contributed by atoms with Gasteiger partial charge in [0.2, 0.25) is 0 Å². The Hall–Kier alpha value is -0.800. The molecule has 3 atom stereocenters. The molecule has 0 saturated heterocycles. The second kappa shape index (κ2) is 5.33. The third-order valence-corrected chi connectivity index (χ3v) is 2.03. The van der Waals surface area contributed by atoms with Crippen LogP contribution in [0.5, 0.6) is 0 Å². The zero-order chi connectivity index (χ0) is 12.2. The Kier molecular flexibility index (Phi) is 5.05. The van der Waals surface area contributed by atoms with Gasteiger partial charge in [-0.25, -0.2) is 4.90 Å². The van der Waals surface area contributed by atoms with E-state index in [0.717, 1.165) is 9.80 Å². The van der Waals surface area contributed by atoms with Gasteiger partial charge in [0.05, 0.1) is 14.1 Å². The molecule has 15 heavy (non-hydrogen) atoms. The molecule has 2 amide bonds. The van der Waals surface area contributed by atoms with Gasteiger partial charge in [-0.1, -0.05) is 0 Å². The Balaban J connectivity index is 0.000000336. The maximum absolute atomic E-state index is 11.2. The van der Waals surface area contributed by atoms with E-state index in [0.29, 0.717) is 6.04 Å². The lowest BCUT2D eigenvalue weighted by atomic mass is 10.2. The number of quaternary nitrogens is 2. The molecular weight excluding hydrogens is 224 g/mol. The maximum atomic E-state index is 11.2. The molecule has 0 saturated carbocycles. The molecule has 0 aromatic heterocycles. The van der Waals surface area contributed by atoms with E-state index in [2.05, 4.69) is 6.08 Å². The van der Waals surface area contributed by atoms with Crippen molar-refractivity contribution in [3.63, 3.8) is 0 Å². The van der Waals surface area contributed by atoms with Crippen LogP contribution in [0.25, 0.3) is 0 Å². The van der Waals surface area contributed by atoms with Gasteiger partial charge < -0.3 is 9.11 Å². The molecule has 2 N–H and O–H groups in total. The minimum Gasteiger partial charge on any atom is -0.759 e. The fraction of sp³-hybridized carbons (Fsp3) is 0.571. The molecule has 3 unspecified atom stereocenters. The monoisotopic (exact) mass is 238 g/mol. The molecule has 0 aromatic carbocycles. The molecule has 0 aromatic rings. The van der Waals surface area contributed by atoms with Crippen molar-refractivity contribution >= 4 is 16.4 Å². The molecule has 88 valence electrons. The summed E-state index contributed by atoms with van der Waals surface area (Å²) < 4.78 is 34.1. The molecule has 0 aliphatic carbocycles. The van der Waals surface area contributed by atoms with Gasteiger partial charge in [0.25, 0.3) is 0 Å². The number of likely N-dealkylation sites (N-methyl/N-ethyl adjacent to an activating group) is 1. The van der Waals surface area contributed by atoms with E-state index in [4.69, 9.17) is 17.5 Å². The molecule has 0 fully saturated rings. The molecule has 8 heteroatoms. The zero-order valence-electron chi connectivity index (χ0n) is 8.68. The van der Waals surface area contributed by atoms with Crippen LogP contribution in [0.2, 0.25) is 0 Å². The summed E-state index contributed by atoms with van der Waals surface area (Å²) in [5.74, 6) is 0. The molecule has 0 spiro atoms. The van der Waals surface area contributed by atoms with Crippen LogP contribution in [-0.2, 0) is 10.4 Å². The van der Waals surface area contributed by atoms with Crippen molar-refractivity contribution in [2.75, 3.05) is 14.1 Å². The average Bonchev–Trinajstić information content (AvgIpc) is 2.05. The topological polar surface area (TPSA) is 106 Å². The van der Waals surface area contributed by atoms with Gasteiger partial charge in [-0.3, -0.25) is 8.42 Å². The van der Waals surface area contributed by atoms with Crippen LogP contribution >= 0.6 is 0 Å². The van der Waals surface area contributed by atoms with Crippen molar-refractivity contribution in [2.24, 2.45) is 0 Å². The highest BCUT2D eigenvalue weighted by Gasteiger charge is 2.31. The summed E-state index contributed by atoms with van der Waals surface area (Å²) in [6.07, 6.45) is 3.96. The fourth-order valence-corrected chi connectivity index (χ4v) is 1.03. The molecule has 0 bridgehead atoms. The summed E-state index contributed by atoms with van der Waals surface area (Å²) in [5.41, 5.74) is 0. The molecule has 1 rings (SSSR count). The first kappa shape index (κ1) is 14.2. The van der Waals surface area contributed by atoms with Crippen LogP contribution in [0.1, 0.15) is 6.92 Å². The van der Waals surface area contributed by atoms with Crippen LogP contribution in [0.3, 0.4) is 0 Å². The minimum atomic E-state index is -5.17. The summed E-state index contributed by atoms with van der Waals surface area (Å²) >= 11 is 0. The number of nitrogens with one attached hydrogen (secondary N) is 2. The third kappa shape index (κ3) is 6.31. The van der Waals surface area contributed by atoms with Crippen molar-refractivity contribution in [1.29, 1.82) is 0 Å². The van der Waals surface area contributed by atoms with Crippen LogP contribution in [0.15, 0.2) is 12.3 Å². The van der Waals surface area contributed by atoms with Gasteiger partial charge in [0, 0.05) is 16.5 Å². The second-order valence-electron chi connectivity index (χ2n) is 3.25. The molecule has 1 heterocycles. The first-order chi connectivity index (χ1) is 6.63. The zero-order valence-corrected chi connectivity index (χ0v) is 9.50. The van der Waals surface area contributed by atoms with Crippen molar-refractivity contribution in [2.45, 2.75) is 13.0 Å². The molecule has 0 radical (unpaired) electrons. The second-order valence-corrected chi connectivity index (χ2v) is 4.07. The predicted molar refractivity (Wildman–Crippen MR) is 48.2 cm³/mol. The van der Waals surface area contributed by atoms with E-state index >= 15 is 0 Å². The number of amides is 2. The highest BCUT2D eigenvalue weighted by Crippen LogP contribution is 1.77. The highest BCUT2D eigenvalue weighted by molar-refractivity contribution is 7.79. The van der Waals surface area contributed by atoms with Crippen LogP contribution in [0.4, 0.5) is 4.79 Å². The van der Waals surface area contributed by atoms with Crippen molar-refractivity contribution in [3.05, 3.63) is 12.3 Å². The predicted octanol–water partition coefficient (Wildman–Crippen LogP) is -3.29. The minimum absolute atomic E-state index is 0.218. The van der Waals surface area contributed by atoms with Crippen molar-refractivity contribution in [1.82, 2.24) is 0 Å². The van der Waals surface area contributed by atoms with E-state index in [1.165, 1.54) is 0 Å². The Morgan fingerprint density at radius 2 is 1.73 bits per heavy atom. The van der Waals surface area contributed by atoms with Crippen LogP contribution < -0.4 is 9.80 Å². The largest absolute Gasteiger partial charge is 0.759 e. The SMILES string of the molecule is CC1C=C[NH+](C)C(=O)[NH+]1C.O=S(=O)([O-])[O-]. The van der Waals surface area contributed by atoms with Gasteiger partial charge in [-0.2, -0.15) is 9.69 Å². The van der Waals surface area contributed by atoms with E-state index in [1.54, 1.807) is 0 Å². The third-order valence-electron chi connectivity index (χ3n) is 2.03. The van der Waals surface area contributed by atoms with Crippen molar-refractivity contribution in [3.8, 4) is 0 Å². The van der Waals surface area contributed by atoms with Gasteiger partial charge in [0.1, 0.15) is 12.2 Å². The summed E-state index contributed by atoms with van der Waals surface area (Å²) in [5, 5.41) is 0. The lowest BCUT2D eigenvalue weighted by Crippen LogP contribution is -3.33. The number of carbonyl (C=O) groups is 1. The molecule has 7 nitrogen and oxygen atoms in total. The summed E-state index contributed by atoms with van der Waals surface area (Å²) in [6, 6.07) is 0.547. The van der Waals surface area contributed by atoms with Crippen LogP contribution in [-0.4, -0.2) is 43.7 Å². The van der Waals surface area contributed by atoms with Gasteiger partial charge in [-0.15, -0.1) is 0 Å². The van der Waals surface area contributed by atoms with E-state index in [1.807, 2.05) is 27.2 Å². The van der Waals surface area contributed by atoms with Gasteiger partial charge in [0.15, 0.2) is 0 Å². The number of hydrogen-bond donors (Lipinski definition) is 2. The fourth-order valence-electron chi connectivity index (χ4n) is 1.03. The quantitative estimate of drug-likeness (QED) is 0.340. The molecule has 1 aliphatic heterocycles. The summed E-state index contributed by atoms with van der Waals surface area (Å²) in [7, 11) is -1.41. The van der Waals surface area contributed by atoms with E-state index < -0.39 is 10.4 Å². The normalized spacial score (nSPS) is 30.7. The standard InChI is InChI=1S/C7H12N2O.H2O4S/c1-6-4-5-8(2)7(10)9(6)3;1-5(2,3)4/h4-6H,1-3H3;(H2,1,2,3,4). The molecular formula is C7H14N2O5S.